The van der Waals surface area contributed by atoms with Gasteiger partial charge in [-0.2, -0.15) is 5.26 Å². The summed E-state index contributed by atoms with van der Waals surface area (Å²) in [5, 5.41) is 14.8. The molecule has 0 atom stereocenters. The molecule has 4 nitrogen and oxygen atoms in total. The van der Waals surface area contributed by atoms with E-state index in [-0.39, 0.29) is 21.7 Å². The van der Waals surface area contributed by atoms with E-state index in [0.717, 1.165) is 71.7 Å². The van der Waals surface area contributed by atoms with E-state index in [4.69, 9.17) is 0 Å². The molecule has 296 valence electrons. The van der Waals surface area contributed by atoms with Gasteiger partial charge in [0.15, 0.2) is 0 Å². The smallest absolute Gasteiger partial charge is 0.234 e. The van der Waals surface area contributed by atoms with Crippen molar-refractivity contribution in [2.45, 2.75) is 112 Å². The van der Waals surface area contributed by atoms with Crippen molar-refractivity contribution in [3.63, 3.8) is 0 Å². The maximum atomic E-state index is 10.2. The van der Waals surface area contributed by atoms with Gasteiger partial charge in [-0.25, -0.2) is 4.85 Å². The molecule has 0 radical (unpaired) electrons. The monoisotopic (exact) mass is 772 g/mol. The molecule has 6 aromatic carbocycles. The fourth-order valence-electron chi connectivity index (χ4n) is 8.73. The minimum atomic E-state index is -0.101. The number of fused-ring (bicyclic) bond motifs is 6. The highest BCUT2D eigenvalue weighted by atomic mass is 15.1. The molecule has 0 unspecified atom stereocenters. The van der Waals surface area contributed by atoms with E-state index in [0.29, 0.717) is 11.3 Å². The van der Waals surface area contributed by atoms with Crippen LogP contribution in [-0.4, -0.2) is 9.13 Å². The van der Waals surface area contributed by atoms with Crippen molar-refractivity contribution in [1.82, 2.24) is 9.13 Å². The van der Waals surface area contributed by atoms with Crippen LogP contribution in [0.5, 0.6) is 0 Å². The largest absolute Gasteiger partial charge is 0.319 e. The van der Waals surface area contributed by atoms with Gasteiger partial charge in [0, 0.05) is 21.5 Å². The highest BCUT2D eigenvalue weighted by molar-refractivity contribution is 6.13. The molecule has 8 rings (SSSR count). The molecule has 2 aromatic heterocycles. The average molecular weight is 773 g/mol. The summed E-state index contributed by atoms with van der Waals surface area (Å²) < 4.78 is 4.71. The lowest BCUT2D eigenvalue weighted by Gasteiger charge is -2.24. The van der Waals surface area contributed by atoms with E-state index in [1.807, 2.05) is 19.1 Å². The molecular formula is C55H56N4. The van der Waals surface area contributed by atoms with Gasteiger partial charge >= 0.3 is 0 Å². The van der Waals surface area contributed by atoms with E-state index in [2.05, 4.69) is 194 Å². The Morgan fingerprint density at radius 1 is 0.492 bits per heavy atom. The number of rotatable bonds is 3. The number of nitrogens with zero attached hydrogens (tertiary/aromatic N) is 4. The molecule has 0 saturated carbocycles. The Balaban J connectivity index is 1.62. The Bertz CT molecular complexity index is 2960. The van der Waals surface area contributed by atoms with E-state index in [1.165, 1.54) is 22.3 Å². The molecule has 0 spiro atoms. The summed E-state index contributed by atoms with van der Waals surface area (Å²) in [7, 11) is 0. The summed E-state index contributed by atoms with van der Waals surface area (Å²) in [6.07, 6.45) is 0. The maximum Gasteiger partial charge on any atom is 0.234 e. The van der Waals surface area contributed by atoms with E-state index in [9.17, 15) is 11.8 Å². The van der Waals surface area contributed by atoms with Gasteiger partial charge in [-0.15, -0.1) is 0 Å². The molecule has 0 saturated heterocycles. The fraction of sp³-hybridized carbons (Fsp3) is 0.309. The summed E-state index contributed by atoms with van der Waals surface area (Å²) in [6.45, 7) is 38.4. The standard InChI is InChI=1S/C55H56N4/c1-33-25-34(32-56)27-35(26-33)40-23-24-45(58-46-28-36(52(2,3)4)15-19-41(46)42-20-16-37(29-47(42)58)53(5,6)7)50(57-14)51(40)59-48-30-38(54(8,9)10)17-21-43(48)44-22-18-39(31-49(44)59)55(11,12)13/h15-31H,1-13H3. The third-order valence-electron chi connectivity index (χ3n) is 12.2. The lowest BCUT2D eigenvalue weighted by atomic mass is 9.86. The summed E-state index contributed by atoms with van der Waals surface area (Å²) in [4.78, 5) is 4.59. The van der Waals surface area contributed by atoms with E-state index >= 15 is 0 Å². The predicted octanol–water partition coefficient (Wildman–Crippen LogP) is 15.5. The highest BCUT2D eigenvalue weighted by Gasteiger charge is 2.28. The number of hydrogen-bond acceptors (Lipinski definition) is 1. The van der Waals surface area contributed by atoms with E-state index < -0.39 is 0 Å². The Morgan fingerprint density at radius 3 is 1.24 bits per heavy atom. The number of hydrogen-bond donors (Lipinski definition) is 0. The van der Waals surface area contributed by atoms with Crippen LogP contribution in [0.2, 0.25) is 0 Å². The first kappa shape index (κ1) is 39.7. The van der Waals surface area contributed by atoms with Crippen LogP contribution in [0.4, 0.5) is 5.69 Å². The zero-order chi connectivity index (χ0) is 42.6. The summed E-state index contributed by atoms with van der Waals surface area (Å²) in [6, 6.07) is 40.2. The molecule has 8 aromatic rings. The van der Waals surface area contributed by atoms with Crippen molar-refractivity contribution in [3.05, 3.63) is 148 Å². The molecule has 2 heterocycles. The first-order valence-electron chi connectivity index (χ1n) is 20.9. The van der Waals surface area contributed by atoms with Crippen LogP contribution in [0.15, 0.2) is 103 Å². The highest BCUT2D eigenvalue weighted by Crippen LogP contribution is 2.47. The third-order valence-corrected chi connectivity index (χ3v) is 12.2. The van der Waals surface area contributed by atoms with Crippen LogP contribution < -0.4 is 0 Å². The number of aryl methyl sites for hydroxylation is 1. The predicted molar refractivity (Wildman–Crippen MR) is 251 cm³/mol. The van der Waals surface area contributed by atoms with Crippen LogP contribution in [0.3, 0.4) is 0 Å². The van der Waals surface area contributed by atoms with Crippen molar-refractivity contribution < 1.29 is 0 Å². The first-order valence-corrected chi connectivity index (χ1v) is 20.9. The lowest BCUT2D eigenvalue weighted by molar-refractivity contribution is 0.590. The molecule has 4 heteroatoms. The van der Waals surface area contributed by atoms with Gasteiger partial charge in [-0.3, -0.25) is 0 Å². The first-order chi connectivity index (χ1) is 27.6. The van der Waals surface area contributed by atoms with Crippen molar-refractivity contribution in [2.24, 2.45) is 0 Å². The van der Waals surface area contributed by atoms with Crippen molar-refractivity contribution in [1.29, 1.82) is 5.26 Å². The number of benzene rings is 6. The zero-order valence-electron chi connectivity index (χ0n) is 37.1. The maximum absolute atomic E-state index is 10.2. The van der Waals surface area contributed by atoms with Gasteiger partial charge in [0.2, 0.25) is 5.69 Å². The van der Waals surface area contributed by atoms with Gasteiger partial charge in [0.05, 0.1) is 51.6 Å². The molecule has 0 aliphatic carbocycles. The molecule has 0 N–H and O–H groups in total. The van der Waals surface area contributed by atoms with Crippen molar-refractivity contribution in [2.75, 3.05) is 0 Å². The van der Waals surface area contributed by atoms with Crippen LogP contribution in [0, 0.1) is 24.8 Å². The summed E-state index contributed by atoms with van der Waals surface area (Å²) >= 11 is 0. The Hall–Kier alpha value is -6.10. The topological polar surface area (TPSA) is 38.0 Å². The van der Waals surface area contributed by atoms with Crippen LogP contribution >= 0.6 is 0 Å². The second-order valence-corrected chi connectivity index (χ2v) is 20.7. The van der Waals surface area contributed by atoms with Crippen LogP contribution in [0.1, 0.15) is 116 Å². The van der Waals surface area contributed by atoms with Crippen LogP contribution in [-0.2, 0) is 21.7 Å². The second kappa shape index (κ2) is 13.5. The minimum Gasteiger partial charge on any atom is -0.319 e. The summed E-state index contributed by atoms with van der Waals surface area (Å²) in [5.74, 6) is 0. The van der Waals surface area contributed by atoms with Crippen molar-refractivity contribution in [3.8, 4) is 28.6 Å². The van der Waals surface area contributed by atoms with Gasteiger partial charge in [-0.05, 0) is 110 Å². The summed E-state index contributed by atoms with van der Waals surface area (Å²) in [5.41, 5.74) is 14.5. The quantitative estimate of drug-likeness (QED) is 0.165. The molecule has 0 fully saturated rings. The number of nitriles is 1. The molecule has 0 aliphatic heterocycles. The van der Waals surface area contributed by atoms with E-state index in [1.54, 1.807) is 0 Å². The fourth-order valence-corrected chi connectivity index (χ4v) is 8.73. The molecule has 59 heavy (non-hydrogen) atoms. The average Bonchev–Trinajstić information content (AvgIpc) is 3.66. The SMILES string of the molecule is [C-]#[N+]c1c(-n2c3cc(C(C)(C)C)ccc3c3ccc(C(C)(C)C)cc32)ccc(-c2cc(C)cc(C#N)c2)c1-n1c2cc(C(C)(C)C)ccc2c2ccc(C(C)(C)C)cc21. The van der Waals surface area contributed by atoms with Gasteiger partial charge in [-0.1, -0.05) is 144 Å². The second-order valence-electron chi connectivity index (χ2n) is 20.7. The molecule has 0 aliphatic rings. The third kappa shape index (κ3) is 6.70. The molecule has 0 bridgehead atoms. The molecular weight excluding hydrogens is 717 g/mol. The van der Waals surface area contributed by atoms with Crippen LogP contribution in [0.25, 0.3) is 71.0 Å². The van der Waals surface area contributed by atoms with Gasteiger partial charge in [0.25, 0.3) is 0 Å². The van der Waals surface area contributed by atoms with Gasteiger partial charge < -0.3 is 9.13 Å². The number of aromatic nitrogens is 2. The Labute approximate surface area is 350 Å². The van der Waals surface area contributed by atoms with Gasteiger partial charge in [0.1, 0.15) is 0 Å². The lowest BCUT2D eigenvalue weighted by Crippen LogP contribution is -2.12. The Morgan fingerprint density at radius 2 is 0.881 bits per heavy atom. The van der Waals surface area contributed by atoms with Crippen molar-refractivity contribution >= 4 is 49.3 Å². The normalized spacial score (nSPS) is 12.8. The molecule has 0 amide bonds. The zero-order valence-corrected chi connectivity index (χ0v) is 37.1. The Kier molecular flexibility index (Phi) is 9.07. The minimum absolute atomic E-state index is 0.0776.